The predicted octanol–water partition coefficient (Wildman–Crippen LogP) is 3.75. The second kappa shape index (κ2) is 7.04. The van der Waals surface area contributed by atoms with Crippen molar-refractivity contribution in [1.82, 2.24) is 0 Å². The highest BCUT2D eigenvalue weighted by atomic mass is 19.1. The number of allylic oxidation sites excluding steroid dienone is 1. The van der Waals surface area contributed by atoms with Gasteiger partial charge in [-0.25, -0.2) is 4.39 Å². The smallest absolute Gasteiger partial charge is 0.172 e. The summed E-state index contributed by atoms with van der Waals surface area (Å²) in [6.07, 6.45) is 7.24. The van der Waals surface area contributed by atoms with Gasteiger partial charge in [-0.1, -0.05) is 37.6 Å². The number of hydrogen-bond donors (Lipinski definition) is 0. The molecule has 0 fully saturated rings. The van der Waals surface area contributed by atoms with Crippen molar-refractivity contribution in [3.8, 4) is 5.75 Å². The van der Waals surface area contributed by atoms with Crippen molar-refractivity contribution in [1.29, 1.82) is 0 Å². The lowest BCUT2D eigenvalue weighted by Crippen LogP contribution is -1.97. The summed E-state index contributed by atoms with van der Waals surface area (Å²) in [4.78, 5) is 0. The molecule has 0 heterocycles. The Morgan fingerprint density at radius 1 is 1.40 bits per heavy atom. The van der Waals surface area contributed by atoms with E-state index in [9.17, 15) is 4.39 Å². The number of benzene rings is 1. The number of hydrogen-bond acceptors (Lipinski definition) is 1. The largest absolute Gasteiger partial charge is 0.490 e. The number of rotatable bonds is 6. The molecule has 1 aromatic carbocycles. The summed E-state index contributed by atoms with van der Waals surface area (Å²) in [5.74, 6) is -0.142. The van der Waals surface area contributed by atoms with Gasteiger partial charge in [-0.15, -0.1) is 0 Å². The van der Waals surface area contributed by atoms with Crippen LogP contribution in [0.25, 0.3) is 0 Å². The Balaban J connectivity index is 2.23. The van der Waals surface area contributed by atoms with Gasteiger partial charge in [0.15, 0.2) is 11.6 Å². The molecule has 0 N–H and O–H groups in total. The Bertz CT molecular complexity index is 307. The first-order valence-electron chi connectivity index (χ1n) is 5.28. The molecule has 1 radical (unpaired) electrons. The molecule has 81 valence electrons. The van der Waals surface area contributed by atoms with Crippen LogP contribution in [0.15, 0.2) is 30.4 Å². The van der Waals surface area contributed by atoms with Gasteiger partial charge < -0.3 is 4.74 Å². The summed E-state index contributed by atoms with van der Waals surface area (Å²) < 4.78 is 18.3. The van der Waals surface area contributed by atoms with Crippen LogP contribution in [0.1, 0.15) is 26.2 Å². The van der Waals surface area contributed by atoms with E-state index >= 15 is 0 Å². The van der Waals surface area contributed by atoms with E-state index in [1.54, 1.807) is 12.1 Å². The first kappa shape index (κ1) is 11.8. The maximum Gasteiger partial charge on any atom is 0.172 e. The first-order valence-corrected chi connectivity index (χ1v) is 5.28. The van der Waals surface area contributed by atoms with Crippen LogP contribution in [0.5, 0.6) is 5.75 Å². The monoisotopic (exact) mass is 207 g/mol. The Kier molecular flexibility index (Phi) is 5.52. The predicted molar refractivity (Wildman–Crippen MR) is 59.4 cm³/mol. The van der Waals surface area contributed by atoms with Gasteiger partial charge in [-0.05, 0) is 18.9 Å². The molecule has 1 nitrogen and oxygen atoms in total. The van der Waals surface area contributed by atoms with Crippen LogP contribution in [-0.4, -0.2) is 6.61 Å². The third-order valence-corrected chi connectivity index (χ3v) is 1.93. The lowest BCUT2D eigenvalue weighted by Gasteiger charge is -2.04. The first-order chi connectivity index (χ1) is 7.34. The summed E-state index contributed by atoms with van der Waals surface area (Å²) in [6, 6.07) is 7.31. The molecule has 2 heteroatoms. The highest BCUT2D eigenvalue weighted by Gasteiger charge is 1.99. The number of halogens is 1. The van der Waals surface area contributed by atoms with Crippen LogP contribution in [0.2, 0.25) is 0 Å². The van der Waals surface area contributed by atoms with E-state index in [4.69, 9.17) is 4.74 Å². The maximum atomic E-state index is 13.0. The van der Waals surface area contributed by atoms with E-state index in [0.29, 0.717) is 6.61 Å². The summed E-state index contributed by atoms with van der Waals surface area (Å²) in [7, 11) is 0. The highest BCUT2D eigenvalue weighted by Crippen LogP contribution is 2.14. The van der Waals surface area contributed by atoms with E-state index in [1.165, 1.54) is 6.07 Å². The van der Waals surface area contributed by atoms with Crippen molar-refractivity contribution in [2.45, 2.75) is 26.2 Å². The maximum absolute atomic E-state index is 13.0. The van der Waals surface area contributed by atoms with Gasteiger partial charge in [0.2, 0.25) is 0 Å². The third-order valence-electron chi connectivity index (χ3n) is 1.93. The Hall–Kier alpha value is -1.31. The average molecular weight is 207 g/mol. The van der Waals surface area contributed by atoms with E-state index in [0.717, 1.165) is 19.3 Å². The quantitative estimate of drug-likeness (QED) is 0.510. The lowest BCUT2D eigenvalue weighted by atomic mass is 10.3. The molecule has 0 unspecified atom stereocenters. The zero-order valence-corrected chi connectivity index (χ0v) is 9.00. The van der Waals surface area contributed by atoms with Crippen LogP contribution < -0.4 is 4.74 Å². The van der Waals surface area contributed by atoms with Crippen LogP contribution in [0, 0.1) is 11.9 Å². The normalized spacial score (nSPS) is 10.8. The van der Waals surface area contributed by atoms with Gasteiger partial charge in [0.1, 0.15) is 0 Å². The second-order valence-corrected chi connectivity index (χ2v) is 3.25. The van der Waals surface area contributed by atoms with Gasteiger partial charge >= 0.3 is 0 Å². The van der Waals surface area contributed by atoms with E-state index in [-0.39, 0.29) is 5.75 Å². The highest BCUT2D eigenvalue weighted by molar-refractivity contribution is 5.22. The summed E-state index contributed by atoms with van der Waals surface area (Å²) in [6.45, 7) is 2.64. The zero-order valence-electron chi connectivity index (χ0n) is 9.00. The number of unbranched alkanes of at least 4 members (excludes halogenated alkanes) is 1. The molecular weight excluding hydrogens is 191 g/mol. The fourth-order valence-corrected chi connectivity index (χ4v) is 1.15. The fourth-order valence-electron chi connectivity index (χ4n) is 1.15. The minimum Gasteiger partial charge on any atom is -0.490 e. The summed E-state index contributed by atoms with van der Waals surface area (Å²) in [5, 5.41) is 0. The van der Waals surface area contributed by atoms with Gasteiger partial charge in [-0.2, -0.15) is 0 Å². The average Bonchev–Trinajstić information content (AvgIpc) is 2.25. The van der Waals surface area contributed by atoms with E-state index < -0.39 is 5.82 Å². The molecule has 15 heavy (non-hydrogen) atoms. The standard InChI is InChI=1S/C13H16FO/c1-2-3-4-5-8-11-15-13-10-7-6-9-12(13)14/h4-7,10H,2-3,8,11H2,1H3/b5-4+. The van der Waals surface area contributed by atoms with Crippen LogP contribution in [0.4, 0.5) is 4.39 Å². The minimum absolute atomic E-state index is 0.279. The van der Waals surface area contributed by atoms with E-state index in [2.05, 4.69) is 25.1 Å². The SMILES string of the molecule is CCC/C=C/CCOc1ccc[c]c1F. The molecule has 0 aromatic heterocycles. The van der Waals surface area contributed by atoms with Crippen LogP contribution >= 0.6 is 0 Å². The van der Waals surface area contributed by atoms with Crippen molar-refractivity contribution < 1.29 is 9.13 Å². The zero-order chi connectivity index (χ0) is 10.9. The van der Waals surface area contributed by atoms with Gasteiger partial charge in [0.25, 0.3) is 0 Å². The Morgan fingerprint density at radius 2 is 2.20 bits per heavy atom. The molecule has 0 amide bonds. The lowest BCUT2D eigenvalue weighted by molar-refractivity contribution is 0.307. The molecule has 1 aromatic rings. The Morgan fingerprint density at radius 3 is 2.93 bits per heavy atom. The van der Waals surface area contributed by atoms with Gasteiger partial charge in [0, 0.05) is 6.07 Å². The summed E-state index contributed by atoms with van der Waals surface area (Å²) in [5.41, 5.74) is 0. The van der Waals surface area contributed by atoms with Crippen molar-refractivity contribution in [3.05, 3.63) is 42.2 Å². The van der Waals surface area contributed by atoms with Crippen molar-refractivity contribution >= 4 is 0 Å². The molecule has 1 rings (SSSR count). The molecule has 0 atom stereocenters. The fraction of sp³-hybridized carbons (Fsp3) is 0.385. The molecule has 0 aliphatic rings. The third kappa shape index (κ3) is 4.63. The van der Waals surface area contributed by atoms with Crippen LogP contribution in [0.3, 0.4) is 0 Å². The molecule has 0 spiro atoms. The van der Waals surface area contributed by atoms with Gasteiger partial charge in [0.05, 0.1) is 6.61 Å². The van der Waals surface area contributed by atoms with E-state index in [1.807, 2.05) is 0 Å². The number of ether oxygens (including phenoxy) is 1. The molecule has 0 bridgehead atoms. The van der Waals surface area contributed by atoms with Crippen molar-refractivity contribution in [2.24, 2.45) is 0 Å². The summed E-state index contributed by atoms with van der Waals surface area (Å²) >= 11 is 0. The van der Waals surface area contributed by atoms with Crippen molar-refractivity contribution in [2.75, 3.05) is 6.61 Å². The van der Waals surface area contributed by atoms with Crippen LogP contribution in [-0.2, 0) is 0 Å². The molecular formula is C13H16FO. The Labute approximate surface area is 90.6 Å². The second-order valence-electron chi connectivity index (χ2n) is 3.25. The molecule has 0 saturated carbocycles. The van der Waals surface area contributed by atoms with Crippen molar-refractivity contribution in [3.63, 3.8) is 0 Å². The molecule has 0 aliphatic heterocycles. The van der Waals surface area contributed by atoms with Gasteiger partial charge in [-0.3, -0.25) is 0 Å². The topological polar surface area (TPSA) is 9.23 Å². The molecule has 0 saturated heterocycles. The minimum atomic E-state index is -0.421. The molecule has 0 aliphatic carbocycles.